The molecule has 0 aliphatic carbocycles. The predicted octanol–water partition coefficient (Wildman–Crippen LogP) is 1.77. The second-order valence-corrected chi connectivity index (χ2v) is 6.83. The van der Waals surface area contributed by atoms with Gasteiger partial charge < -0.3 is 19.7 Å². The zero-order chi connectivity index (χ0) is 15.7. The van der Waals surface area contributed by atoms with Gasteiger partial charge >= 0.3 is 0 Å². The van der Waals surface area contributed by atoms with Gasteiger partial charge in [0.15, 0.2) is 4.90 Å². The third-order valence-corrected chi connectivity index (χ3v) is 4.92. The number of hydrogen-bond acceptors (Lipinski definition) is 4. The summed E-state index contributed by atoms with van der Waals surface area (Å²) in [5, 5.41) is 14.4. The zero-order valence-electron chi connectivity index (χ0n) is 12.6. The summed E-state index contributed by atoms with van der Waals surface area (Å²) in [6.45, 7) is 0.721. The average Bonchev–Trinajstić information content (AvgIpc) is 2.64. The fraction of sp³-hybridized carbons (Fsp3) is 0.294. The van der Waals surface area contributed by atoms with Gasteiger partial charge in [-0.1, -0.05) is 24.3 Å². The monoisotopic (exact) mass is 317 g/mol. The van der Waals surface area contributed by atoms with E-state index in [-0.39, 0.29) is 0 Å². The maximum Gasteiger partial charge on any atom is 0.152 e. The van der Waals surface area contributed by atoms with Crippen molar-refractivity contribution in [1.82, 2.24) is 5.32 Å². The van der Waals surface area contributed by atoms with Crippen LogP contribution < -0.4 is 10.1 Å². The highest BCUT2D eigenvalue weighted by Gasteiger charge is 2.38. The number of para-hydroxylation sites is 1. The smallest absolute Gasteiger partial charge is 0.152 e. The largest absolute Gasteiger partial charge is 0.612 e. The Hall–Kier alpha value is -1.53. The highest BCUT2D eigenvalue weighted by molar-refractivity contribution is 7.90. The number of ether oxygens (including phenoxy) is 1. The Morgan fingerprint density at radius 1 is 1.27 bits per heavy atom. The van der Waals surface area contributed by atoms with Crippen molar-refractivity contribution in [2.45, 2.75) is 17.1 Å². The van der Waals surface area contributed by atoms with E-state index in [0.29, 0.717) is 18.9 Å². The number of fused-ring (bicyclic) bond motifs is 2. The molecule has 0 bridgehead atoms. The van der Waals surface area contributed by atoms with Crippen LogP contribution in [0.2, 0.25) is 0 Å². The molecule has 0 amide bonds. The molecule has 0 fully saturated rings. The Morgan fingerprint density at radius 3 is 2.77 bits per heavy atom. The first-order valence-corrected chi connectivity index (χ1v) is 8.68. The average molecular weight is 317 g/mol. The minimum atomic E-state index is -1.18. The molecular formula is C17H19NO3S. The van der Waals surface area contributed by atoms with Crippen LogP contribution in [0.5, 0.6) is 5.75 Å². The van der Waals surface area contributed by atoms with E-state index in [1.165, 1.54) is 0 Å². The summed E-state index contributed by atoms with van der Waals surface area (Å²) < 4.78 is 17.6. The van der Waals surface area contributed by atoms with Crippen LogP contribution in [-0.4, -0.2) is 29.5 Å². The van der Waals surface area contributed by atoms with Gasteiger partial charge in [0.1, 0.15) is 24.2 Å². The van der Waals surface area contributed by atoms with Gasteiger partial charge in [-0.2, -0.15) is 0 Å². The summed E-state index contributed by atoms with van der Waals surface area (Å²) in [5.41, 5.74) is 1.22. The second kappa shape index (κ2) is 5.93. The predicted molar refractivity (Wildman–Crippen MR) is 86.5 cm³/mol. The molecule has 2 unspecified atom stereocenters. The van der Waals surface area contributed by atoms with Crippen LogP contribution in [0.1, 0.15) is 16.7 Å². The summed E-state index contributed by atoms with van der Waals surface area (Å²) in [6.07, 6.45) is 1.65. The van der Waals surface area contributed by atoms with Crippen molar-refractivity contribution >= 4 is 11.2 Å². The van der Waals surface area contributed by atoms with Crippen molar-refractivity contribution in [2.24, 2.45) is 0 Å². The van der Waals surface area contributed by atoms with Gasteiger partial charge in [0.2, 0.25) is 0 Å². The molecule has 1 aliphatic heterocycles. The molecule has 0 aromatic heterocycles. The van der Waals surface area contributed by atoms with Gasteiger partial charge in [-0.25, -0.2) is 0 Å². The van der Waals surface area contributed by atoms with Gasteiger partial charge in [-0.3, -0.25) is 0 Å². The Balaban J connectivity index is 2.20. The molecule has 0 radical (unpaired) electrons. The van der Waals surface area contributed by atoms with Crippen molar-refractivity contribution in [1.29, 1.82) is 0 Å². The molecule has 5 heteroatoms. The molecular weight excluding hydrogens is 298 g/mol. The molecule has 22 heavy (non-hydrogen) atoms. The third-order valence-electron chi connectivity index (χ3n) is 4.00. The van der Waals surface area contributed by atoms with E-state index < -0.39 is 16.8 Å². The van der Waals surface area contributed by atoms with E-state index in [2.05, 4.69) is 5.32 Å². The number of hydrogen-bond donors (Lipinski definition) is 2. The van der Waals surface area contributed by atoms with E-state index >= 15 is 0 Å². The summed E-state index contributed by atoms with van der Waals surface area (Å²) in [4.78, 5) is 0.736. The zero-order valence-corrected chi connectivity index (χ0v) is 13.4. The molecule has 116 valence electrons. The number of likely N-dealkylation sites (N-methyl/N-ethyl adjacent to an activating group) is 1. The van der Waals surface area contributed by atoms with Gasteiger partial charge in [0.05, 0.1) is 0 Å². The summed E-state index contributed by atoms with van der Waals surface area (Å²) in [7, 11) is 1.81. The molecule has 2 atom stereocenters. The van der Waals surface area contributed by atoms with Crippen molar-refractivity contribution in [2.75, 3.05) is 19.8 Å². The standard InChI is InChI=1S/C17H19NO3S/c1-18-11-17(19)14-8-7-13(22(2)20)9-12(14)10-21-16-6-4-3-5-15(16)17/h3-9,18-19H,10-11H2,1-2H3. The first-order chi connectivity index (χ1) is 10.6. The van der Waals surface area contributed by atoms with Crippen LogP contribution >= 0.6 is 0 Å². The van der Waals surface area contributed by atoms with Crippen LogP contribution in [0, 0.1) is 0 Å². The first-order valence-electron chi connectivity index (χ1n) is 7.12. The molecule has 0 saturated heterocycles. The molecule has 3 rings (SSSR count). The number of nitrogens with one attached hydrogen (secondary N) is 1. The SMILES string of the molecule is CNCC1(O)c2ccc([S+](C)[O-])cc2COc2ccccc21. The molecule has 1 aliphatic rings. The van der Waals surface area contributed by atoms with Gasteiger partial charge in [-0.15, -0.1) is 0 Å². The lowest BCUT2D eigenvalue weighted by Crippen LogP contribution is -2.38. The van der Waals surface area contributed by atoms with Crippen LogP contribution in [-0.2, 0) is 23.4 Å². The van der Waals surface area contributed by atoms with Gasteiger partial charge in [0.25, 0.3) is 0 Å². The molecule has 1 heterocycles. The van der Waals surface area contributed by atoms with Crippen molar-refractivity contribution in [3.05, 3.63) is 59.2 Å². The molecule has 4 nitrogen and oxygen atoms in total. The second-order valence-electron chi connectivity index (χ2n) is 5.45. The fourth-order valence-corrected chi connectivity index (χ4v) is 3.52. The van der Waals surface area contributed by atoms with Crippen molar-refractivity contribution in [3.8, 4) is 5.75 Å². The quantitative estimate of drug-likeness (QED) is 0.847. The van der Waals surface area contributed by atoms with Crippen LogP contribution in [0.25, 0.3) is 0 Å². The summed E-state index contributed by atoms with van der Waals surface area (Å²) in [6, 6.07) is 13.1. The lowest BCUT2D eigenvalue weighted by molar-refractivity contribution is 0.0815. The summed E-state index contributed by atoms with van der Waals surface area (Å²) in [5.74, 6) is 0.677. The van der Waals surface area contributed by atoms with Crippen molar-refractivity contribution in [3.63, 3.8) is 0 Å². The Bertz CT molecular complexity index is 689. The molecule has 0 saturated carbocycles. The molecule has 2 aromatic carbocycles. The maximum atomic E-state index is 11.7. The Morgan fingerprint density at radius 2 is 2.05 bits per heavy atom. The van der Waals surface area contributed by atoms with Gasteiger partial charge in [-0.05, 0) is 35.9 Å². The first kappa shape index (κ1) is 15.4. The Kier molecular flexibility index (Phi) is 4.14. The minimum absolute atomic E-state index is 0.351. The fourth-order valence-electron chi connectivity index (χ4n) is 2.95. The number of benzene rings is 2. The number of aliphatic hydroxyl groups is 1. The van der Waals surface area contributed by atoms with Gasteiger partial charge in [0, 0.05) is 23.7 Å². The van der Waals surface area contributed by atoms with Crippen LogP contribution in [0.3, 0.4) is 0 Å². The van der Waals surface area contributed by atoms with Crippen LogP contribution in [0.15, 0.2) is 47.4 Å². The lowest BCUT2D eigenvalue weighted by atomic mass is 9.84. The van der Waals surface area contributed by atoms with E-state index in [1.807, 2.05) is 49.5 Å². The molecule has 2 aromatic rings. The third kappa shape index (κ3) is 2.50. The van der Waals surface area contributed by atoms with E-state index in [9.17, 15) is 9.66 Å². The van der Waals surface area contributed by atoms with Crippen LogP contribution in [0.4, 0.5) is 0 Å². The highest BCUT2D eigenvalue weighted by Crippen LogP contribution is 2.40. The summed E-state index contributed by atoms with van der Waals surface area (Å²) >= 11 is -1.06. The maximum absolute atomic E-state index is 11.7. The topological polar surface area (TPSA) is 64.5 Å². The lowest BCUT2D eigenvalue weighted by Gasteiger charge is -2.29. The minimum Gasteiger partial charge on any atom is -0.612 e. The van der Waals surface area contributed by atoms with E-state index in [0.717, 1.165) is 21.6 Å². The Labute approximate surface area is 133 Å². The molecule has 0 spiro atoms. The number of rotatable bonds is 3. The van der Waals surface area contributed by atoms with E-state index in [1.54, 1.807) is 6.26 Å². The van der Waals surface area contributed by atoms with E-state index in [4.69, 9.17) is 4.74 Å². The highest BCUT2D eigenvalue weighted by atomic mass is 32.2. The normalized spacial score (nSPS) is 21.3. The molecule has 2 N–H and O–H groups in total. The van der Waals surface area contributed by atoms with Crippen molar-refractivity contribution < 1.29 is 14.4 Å².